The normalized spacial score (nSPS) is 10.7. The van der Waals surface area contributed by atoms with E-state index in [0.717, 1.165) is 44.9 Å². The number of carbonyl (C=O) groups is 4. The molecule has 0 rings (SSSR count). The summed E-state index contributed by atoms with van der Waals surface area (Å²) < 4.78 is 0. The van der Waals surface area contributed by atoms with Gasteiger partial charge in [0.05, 0.1) is 0 Å². The molecule has 3 N–H and O–H groups in total. The highest BCUT2D eigenvalue weighted by Crippen LogP contribution is 2.11. The summed E-state index contributed by atoms with van der Waals surface area (Å²) in [4.78, 5) is 45.7. The molecule has 0 aromatic rings. The number of nitrogens with zero attached hydrogens (tertiary/aromatic N) is 1. The van der Waals surface area contributed by atoms with Crippen LogP contribution < -0.4 is 10.6 Å². The fourth-order valence-electron chi connectivity index (χ4n) is 2.92. The highest BCUT2D eigenvalue weighted by atomic mass is 16.4. The second-order valence-corrected chi connectivity index (χ2v) is 7.46. The monoisotopic (exact) mass is 425 g/mol. The number of hydrogen-bond acceptors (Lipinski definition) is 4. The summed E-state index contributed by atoms with van der Waals surface area (Å²) in [5.41, 5.74) is 0. The Morgan fingerprint density at radius 2 is 1.33 bits per heavy atom. The molecule has 0 saturated carbocycles. The Bertz CT molecular complexity index is 549. The Kier molecular flexibility index (Phi) is 17.2. The van der Waals surface area contributed by atoms with Crippen LogP contribution in [0.25, 0.3) is 0 Å². The smallest absolute Gasteiger partial charge is 0.323 e. The van der Waals surface area contributed by atoms with Gasteiger partial charge < -0.3 is 20.6 Å². The lowest BCUT2D eigenvalue weighted by molar-refractivity contribution is -0.143. The number of hydrogen-bond donors (Lipinski definition) is 3. The third kappa shape index (κ3) is 16.6. The third-order valence-electron chi connectivity index (χ3n) is 4.74. The van der Waals surface area contributed by atoms with E-state index < -0.39 is 17.8 Å². The number of aliphatic carboxylic acids is 1. The molecule has 172 valence electrons. The fourth-order valence-corrected chi connectivity index (χ4v) is 2.92. The minimum Gasteiger partial charge on any atom is -0.480 e. The molecule has 0 aliphatic heterocycles. The molecule has 0 bridgehead atoms. The zero-order chi connectivity index (χ0) is 22.6. The Balaban J connectivity index is 3.38. The SMILES string of the molecule is CNC(=O)C(=O)NCCCC/C=C\CCCCCCCCCC(=O)N(C)CC(=O)O. The highest BCUT2D eigenvalue weighted by Gasteiger charge is 2.11. The number of carboxylic acids is 1. The number of carbonyl (C=O) groups excluding carboxylic acids is 3. The van der Waals surface area contributed by atoms with Crippen molar-refractivity contribution in [3.8, 4) is 0 Å². The lowest BCUT2D eigenvalue weighted by Gasteiger charge is -2.14. The summed E-state index contributed by atoms with van der Waals surface area (Å²) in [5, 5.41) is 13.5. The molecule has 8 nitrogen and oxygen atoms in total. The van der Waals surface area contributed by atoms with Crippen LogP contribution in [-0.4, -0.2) is 60.9 Å². The van der Waals surface area contributed by atoms with Gasteiger partial charge in [0.25, 0.3) is 0 Å². The van der Waals surface area contributed by atoms with Gasteiger partial charge in [-0.1, -0.05) is 44.3 Å². The molecule has 0 unspecified atom stereocenters. The van der Waals surface area contributed by atoms with Gasteiger partial charge in [-0.15, -0.1) is 0 Å². The highest BCUT2D eigenvalue weighted by molar-refractivity contribution is 6.34. The van der Waals surface area contributed by atoms with Crippen LogP contribution in [0.1, 0.15) is 77.0 Å². The van der Waals surface area contributed by atoms with Crippen molar-refractivity contribution in [1.82, 2.24) is 15.5 Å². The average Bonchev–Trinajstić information content (AvgIpc) is 2.71. The second-order valence-electron chi connectivity index (χ2n) is 7.46. The third-order valence-corrected chi connectivity index (χ3v) is 4.74. The summed E-state index contributed by atoms with van der Waals surface area (Å²) in [6.07, 6.45) is 16.4. The first-order valence-electron chi connectivity index (χ1n) is 11.0. The molecular weight excluding hydrogens is 386 g/mol. The second kappa shape index (κ2) is 18.6. The molecule has 8 heteroatoms. The van der Waals surface area contributed by atoms with Crippen LogP contribution in [0.2, 0.25) is 0 Å². The van der Waals surface area contributed by atoms with Gasteiger partial charge in [0.2, 0.25) is 5.91 Å². The van der Waals surface area contributed by atoms with Crippen molar-refractivity contribution in [2.24, 2.45) is 0 Å². The average molecular weight is 426 g/mol. The number of rotatable bonds is 17. The van der Waals surface area contributed by atoms with E-state index in [4.69, 9.17) is 5.11 Å². The zero-order valence-corrected chi connectivity index (χ0v) is 18.6. The van der Waals surface area contributed by atoms with E-state index in [1.165, 1.54) is 44.7 Å². The number of allylic oxidation sites excluding steroid dienone is 2. The number of carboxylic acid groups (broad SMARTS) is 1. The zero-order valence-electron chi connectivity index (χ0n) is 18.6. The van der Waals surface area contributed by atoms with Crippen molar-refractivity contribution in [2.45, 2.75) is 77.0 Å². The molecule has 0 fully saturated rings. The van der Waals surface area contributed by atoms with Crippen LogP contribution in [0.5, 0.6) is 0 Å². The molecule has 0 aliphatic carbocycles. The molecule has 0 saturated heterocycles. The van der Waals surface area contributed by atoms with Crippen LogP contribution in [0.4, 0.5) is 0 Å². The van der Waals surface area contributed by atoms with Crippen LogP contribution in [-0.2, 0) is 19.2 Å². The first-order valence-corrected chi connectivity index (χ1v) is 11.0. The molecule has 0 aliphatic rings. The molecule has 3 amide bonds. The first-order chi connectivity index (χ1) is 14.4. The summed E-state index contributed by atoms with van der Waals surface area (Å²) in [5.74, 6) is -2.27. The van der Waals surface area contributed by atoms with Crippen molar-refractivity contribution in [3.05, 3.63) is 12.2 Å². The molecule has 0 spiro atoms. The predicted octanol–water partition coefficient (Wildman–Crippen LogP) is 2.63. The Labute approximate surface area is 180 Å². The summed E-state index contributed by atoms with van der Waals surface area (Å²) in [6.45, 7) is 0.290. The lowest BCUT2D eigenvalue weighted by atomic mass is 10.1. The topological polar surface area (TPSA) is 116 Å². The minimum absolute atomic E-state index is 0.0992. The first kappa shape index (κ1) is 27.6. The largest absolute Gasteiger partial charge is 0.480 e. The van der Waals surface area contributed by atoms with Crippen molar-refractivity contribution < 1.29 is 24.3 Å². The van der Waals surface area contributed by atoms with E-state index in [1.807, 2.05) is 0 Å². The maximum atomic E-state index is 11.7. The van der Waals surface area contributed by atoms with Crippen LogP contribution in [0, 0.1) is 0 Å². The molecule has 0 atom stereocenters. The molecular formula is C22H39N3O5. The molecule has 0 heterocycles. The maximum absolute atomic E-state index is 11.7. The van der Waals surface area contributed by atoms with Gasteiger partial charge in [0.15, 0.2) is 0 Å². The number of unbranched alkanes of at least 4 members (excludes halogenated alkanes) is 9. The maximum Gasteiger partial charge on any atom is 0.323 e. The Hall–Kier alpha value is -2.38. The molecule has 0 radical (unpaired) electrons. The van der Waals surface area contributed by atoms with Crippen molar-refractivity contribution in [2.75, 3.05) is 27.2 Å². The summed E-state index contributed by atoms with van der Waals surface area (Å²) >= 11 is 0. The predicted molar refractivity (Wildman–Crippen MR) is 117 cm³/mol. The van der Waals surface area contributed by atoms with Gasteiger partial charge in [-0.2, -0.15) is 0 Å². The van der Waals surface area contributed by atoms with E-state index >= 15 is 0 Å². The van der Waals surface area contributed by atoms with Crippen LogP contribution in [0.3, 0.4) is 0 Å². The van der Waals surface area contributed by atoms with Crippen molar-refractivity contribution in [1.29, 1.82) is 0 Å². The van der Waals surface area contributed by atoms with Crippen LogP contribution >= 0.6 is 0 Å². The van der Waals surface area contributed by atoms with Gasteiger partial charge in [-0.05, 0) is 38.5 Å². The molecule has 0 aromatic heterocycles. The van der Waals surface area contributed by atoms with E-state index in [-0.39, 0.29) is 12.5 Å². The van der Waals surface area contributed by atoms with Crippen LogP contribution in [0.15, 0.2) is 12.2 Å². The van der Waals surface area contributed by atoms with E-state index in [0.29, 0.717) is 13.0 Å². The van der Waals surface area contributed by atoms with Gasteiger partial charge in [-0.25, -0.2) is 0 Å². The van der Waals surface area contributed by atoms with Gasteiger partial charge in [0, 0.05) is 27.1 Å². The van der Waals surface area contributed by atoms with E-state index in [1.54, 1.807) is 0 Å². The number of amides is 3. The van der Waals surface area contributed by atoms with Crippen molar-refractivity contribution >= 4 is 23.7 Å². The standard InChI is InChI=1S/C22H39N3O5/c1-23-21(29)22(30)24-17-15-13-11-9-7-5-3-4-6-8-10-12-14-16-19(26)25(2)18-20(27)28/h7,9H,3-6,8,10-18H2,1-2H3,(H,23,29)(H,24,30)(H,27,28)/b9-7-. The van der Waals surface area contributed by atoms with Gasteiger partial charge >= 0.3 is 17.8 Å². The molecule has 0 aromatic carbocycles. The quantitative estimate of drug-likeness (QED) is 0.188. The summed E-state index contributed by atoms with van der Waals surface area (Å²) in [7, 11) is 2.96. The fraction of sp³-hybridized carbons (Fsp3) is 0.727. The Morgan fingerprint density at radius 3 is 1.90 bits per heavy atom. The van der Waals surface area contributed by atoms with E-state index in [9.17, 15) is 19.2 Å². The van der Waals surface area contributed by atoms with Gasteiger partial charge in [-0.3, -0.25) is 19.2 Å². The lowest BCUT2D eigenvalue weighted by Crippen LogP contribution is -2.38. The van der Waals surface area contributed by atoms with E-state index in [2.05, 4.69) is 22.8 Å². The minimum atomic E-state index is -0.981. The summed E-state index contributed by atoms with van der Waals surface area (Å²) in [6, 6.07) is 0. The number of nitrogens with one attached hydrogen (secondary N) is 2. The van der Waals surface area contributed by atoms with Gasteiger partial charge in [0.1, 0.15) is 6.54 Å². The Morgan fingerprint density at radius 1 is 0.800 bits per heavy atom. The van der Waals surface area contributed by atoms with Crippen molar-refractivity contribution in [3.63, 3.8) is 0 Å². The molecule has 30 heavy (non-hydrogen) atoms. The number of likely N-dealkylation sites (N-methyl/N-ethyl adjacent to an activating group) is 2.